The summed E-state index contributed by atoms with van der Waals surface area (Å²) in [5, 5.41) is 2.68. The highest BCUT2D eigenvalue weighted by Gasteiger charge is 2.40. The van der Waals surface area contributed by atoms with Crippen LogP contribution in [0, 0.1) is 5.41 Å². The van der Waals surface area contributed by atoms with E-state index in [0.717, 1.165) is 6.42 Å². The predicted octanol–water partition coefficient (Wildman–Crippen LogP) is 0.495. The molecule has 2 rings (SSSR count). The number of hydrogen-bond acceptors (Lipinski definition) is 4. The van der Waals surface area contributed by atoms with Crippen LogP contribution in [-0.4, -0.2) is 36.0 Å². The zero-order valence-corrected chi connectivity index (χ0v) is 11.9. The maximum atomic E-state index is 11.8. The van der Waals surface area contributed by atoms with Gasteiger partial charge in [0.2, 0.25) is 5.91 Å². The van der Waals surface area contributed by atoms with Gasteiger partial charge in [0.15, 0.2) is 0 Å². The van der Waals surface area contributed by atoms with Gasteiger partial charge < -0.3 is 15.2 Å². The van der Waals surface area contributed by atoms with E-state index in [1.807, 2.05) is 11.8 Å². The van der Waals surface area contributed by atoms with Crippen molar-refractivity contribution in [2.24, 2.45) is 5.41 Å². The molecule has 1 aromatic rings. The fourth-order valence-corrected chi connectivity index (χ4v) is 2.69. The van der Waals surface area contributed by atoms with Crippen molar-refractivity contribution in [3.8, 4) is 0 Å². The molecular weight excluding hydrogens is 300 g/mol. The summed E-state index contributed by atoms with van der Waals surface area (Å²) in [6, 6.07) is 0. The SMILES string of the molecule is CNC(=O)C1(C)CCN(c2nc[nH]c(=O)c2Br)C1. The van der Waals surface area contributed by atoms with Crippen molar-refractivity contribution in [3.05, 3.63) is 21.2 Å². The molecule has 0 saturated carbocycles. The Balaban J connectivity index is 2.26. The smallest absolute Gasteiger partial charge is 0.267 e. The summed E-state index contributed by atoms with van der Waals surface area (Å²) in [6.07, 6.45) is 2.12. The number of hydrogen-bond donors (Lipinski definition) is 2. The molecule has 0 spiro atoms. The van der Waals surface area contributed by atoms with Crippen molar-refractivity contribution in [2.75, 3.05) is 25.0 Å². The van der Waals surface area contributed by atoms with Crippen LogP contribution in [0.4, 0.5) is 5.82 Å². The fraction of sp³-hybridized carbons (Fsp3) is 0.545. The molecule has 0 radical (unpaired) electrons. The topological polar surface area (TPSA) is 78.1 Å². The van der Waals surface area contributed by atoms with Crippen molar-refractivity contribution in [3.63, 3.8) is 0 Å². The van der Waals surface area contributed by atoms with Gasteiger partial charge in [0.1, 0.15) is 10.3 Å². The number of aromatic nitrogens is 2. The maximum Gasteiger partial charge on any atom is 0.267 e. The highest BCUT2D eigenvalue weighted by molar-refractivity contribution is 9.10. The van der Waals surface area contributed by atoms with E-state index in [-0.39, 0.29) is 11.5 Å². The van der Waals surface area contributed by atoms with E-state index in [1.54, 1.807) is 7.05 Å². The third kappa shape index (κ3) is 2.14. The van der Waals surface area contributed by atoms with Crippen molar-refractivity contribution >= 4 is 27.7 Å². The molecule has 1 aliphatic rings. The van der Waals surface area contributed by atoms with Crippen molar-refractivity contribution in [2.45, 2.75) is 13.3 Å². The average molecular weight is 315 g/mol. The normalized spacial score (nSPS) is 23.2. The number of carbonyl (C=O) groups is 1. The lowest BCUT2D eigenvalue weighted by Gasteiger charge is -2.23. The van der Waals surface area contributed by atoms with E-state index < -0.39 is 5.41 Å². The van der Waals surface area contributed by atoms with Crippen LogP contribution in [0.1, 0.15) is 13.3 Å². The summed E-state index contributed by atoms with van der Waals surface area (Å²) in [5.74, 6) is 0.609. The minimum Gasteiger partial charge on any atom is -0.359 e. The first kappa shape index (κ1) is 13.1. The predicted molar refractivity (Wildman–Crippen MR) is 71.6 cm³/mol. The van der Waals surface area contributed by atoms with Crippen LogP contribution in [0.15, 0.2) is 15.6 Å². The molecule has 1 fully saturated rings. The second-order valence-electron chi connectivity index (χ2n) is 4.68. The maximum absolute atomic E-state index is 11.8. The second-order valence-corrected chi connectivity index (χ2v) is 5.47. The largest absolute Gasteiger partial charge is 0.359 e. The van der Waals surface area contributed by atoms with Crippen LogP contribution in [0.25, 0.3) is 0 Å². The molecule has 6 nitrogen and oxygen atoms in total. The third-order valence-corrected chi connectivity index (χ3v) is 4.04. The number of carbonyl (C=O) groups excluding carboxylic acids is 1. The van der Waals surface area contributed by atoms with Crippen LogP contribution < -0.4 is 15.8 Å². The van der Waals surface area contributed by atoms with E-state index in [1.165, 1.54) is 6.33 Å². The molecule has 0 bridgehead atoms. The Bertz CT molecular complexity index is 530. The molecule has 98 valence electrons. The van der Waals surface area contributed by atoms with Gasteiger partial charge >= 0.3 is 0 Å². The van der Waals surface area contributed by atoms with Crippen LogP contribution in [0.3, 0.4) is 0 Å². The van der Waals surface area contributed by atoms with Crippen LogP contribution in [0.5, 0.6) is 0 Å². The first-order valence-corrected chi connectivity index (χ1v) is 6.47. The highest BCUT2D eigenvalue weighted by Crippen LogP contribution is 2.34. The standard InChI is InChI=1S/C11H15BrN4O2/c1-11(10(18)13-2)3-4-16(5-11)8-7(12)9(17)15-6-14-8/h6H,3-5H2,1-2H3,(H,13,18)(H,14,15,17). The van der Waals surface area contributed by atoms with Crippen LogP contribution in [0.2, 0.25) is 0 Å². The van der Waals surface area contributed by atoms with Gasteiger partial charge in [-0.3, -0.25) is 9.59 Å². The van der Waals surface area contributed by atoms with E-state index in [2.05, 4.69) is 31.2 Å². The van der Waals surface area contributed by atoms with Gasteiger partial charge in [-0.05, 0) is 29.3 Å². The summed E-state index contributed by atoms with van der Waals surface area (Å²) >= 11 is 3.23. The average Bonchev–Trinajstić information content (AvgIpc) is 2.75. The Morgan fingerprint density at radius 1 is 1.67 bits per heavy atom. The van der Waals surface area contributed by atoms with Gasteiger partial charge in [0.25, 0.3) is 5.56 Å². The van der Waals surface area contributed by atoms with E-state index in [0.29, 0.717) is 23.4 Å². The Morgan fingerprint density at radius 3 is 3.06 bits per heavy atom. The summed E-state index contributed by atoms with van der Waals surface area (Å²) in [5.41, 5.74) is -0.646. The minimum absolute atomic E-state index is 0.0194. The number of aromatic amines is 1. The number of nitrogens with one attached hydrogen (secondary N) is 2. The summed E-state index contributed by atoms with van der Waals surface area (Å²) in [7, 11) is 1.64. The summed E-state index contributed by atoms with van der Waals surface area (Å²) < 4.78 is 0.408. The third-order valence-electron chi connectivity index (χ3n) is 3.33. The van der Waals surface area contributed by atoms with Crippen molar-refractivity contribution in [1.29, 1.82) is 0 Å². The number of nitrogens with zero attached hydrogens (tertiary/aromatic N) is 2. The molecule has 1 aliphatic heterocycles. The first-order chi connectivity index (χ1) is 8.48. The number of rotatable bonds is 2. The molecule has 2 heterocycles. The monoisotopic (exact) mass is 314 g/mol. The minimum atomic E-state index is -0.432. The van der Waals surface area contributed by atoms with E-state index in [9.17, 15) is 9.59 Å². The molecule has 1 amide bonds. The van der Waals surface area contributed by atoms with Gasteiger partial charge in [0, 0.05) is 20.1 Å². The lowest BCUT2D eigenvalue weighted by atomic mass is 9.89. The van der Waals surface area contributed by atoms with Crippen LogP contribution in [-0.2, 0) is 4.79 Å². The van der Waals surface area contributed by atoms with Crippen molar-refractivity contribution in [1.82, 2.24) is 15.3 Å². The van der Waals surface area contributed by atoms with Crippen molar-refractivity contribution < 1.29 is 4.79 Å². The highest BCUT2D eigenvalue weighted by atomic mass is 79.9. The van der Waals surface area contributed by atoms with Gasteiger partial charge in [-0.15, -0.1) is 0 Å². The summed E-state index contributed by atoms with van der Waals surface area (Å²) in [6.45, 7) is 3.19. The van der Waals surface area contributed by atoms with Gasteiger partial charge in [0.05, 0.1) is 11.7 Å². The molecule has 0 aliphatic carbocycles. The molecule has 18 heavy (non-hydrogen) atoms. The van der Waals surface area contributed by atoms with Gasteiger partial charge in [-0.1, -0.05) is 0 Å². The van der Waals surface area contributed by atoms with Gasteiger partial charge in [-0.2, -0.15) is 0 Å². The Morgan fingerprint density at radius 2 is 2.39 bits per heavy atom. The van der Waals surface area contributed by atoms with E-state index >= 15 is 0 Å². The Labute approximate surface area is 113 Å². The van der Waals surface area contributed by atoms with E-state index in [4.69, 9.17) is 0 Å². The Kier molecular flexibility index (Phi) is 3.43. The molecule has 0 aromatic carbocycles. The fourth-order valence-electron chi connectivity index (χ4n) is 2.22. The molecular formula is C11H15BrN4O2. The van der Waals surface area contributed by atoms with Crippen LogP contribution >= 0.6 is 15.9 Å². The Hall–Kier alpha value is -1.37. The first-order valence-electron chi connectivity index (χ1n) is 5.68. The zero-order valence-electron chi connectivity index (χ0n) is 10.3. The lowest BCUT2D eigenvalue weighted by Crippen LogP contribution is -2.39. The number of H-pyrrole nitrogens is 1. The number of amides is 1. The molecule has 1 aromatic heterocycles. The van der Waals surface area contributed by atoms with Gasteiger partial charge in [-0.25, -0.2) is 4.98 Å². The lowest BCUT2D eigenvalue weighted by molar-refractivity contribution is -0.128. The number of anilines is 1. The summed E-state index contributed by atoms with van der Waals surface area (Å²) in [4.78, 5) is 31.9. The molecule has 7 heteroatoms. The molecule has 2 N–H and O–H groups in total. The number of halogens is 1. The molecule has 1 saturated heterocycles. The quantitative estimate of drug-likeness (QED) is 0.833. The molecule has 1 atom stereocenters. The molecule has 1 unspecified atom stereocenters. The second kappa shape index (κ2) is 4.72. The zero-order chi connectivity index (χ0) is 13.3.